The second-order valence-corrected chi connectivity index (χ2v) is 4.00. The van der Waals surface area contributed by atoms with E-state index >= 15 is 0 Å². The van der Waals surface area contributed by atoms with E-state index in [-0.39, 0.29) is 11.4 Å². The summed E-state index contributed by atoms with van der Waals surface area (Å²) in [5.41, 5.74) is 1.35. The van der Waals surface area contributed by atoms with Crippen molar-refractivity contribution in [3.05, 3.63) is 39.4 Å². The zero-order chi connectivity index (χ0) is 13.0. The fourth-order valence-corrected chi connectivity index (χ4v) is 1.85. The fourth-order valence-electron chi connectivity index (χ4n) is 1.40. The van der Waals surface area contributed by atoms with E-state index in [4.69, 9.17) is 4.74 Å². The summed E-state index contributed by atoms with van der Waals surface area (Å²) in [5.74, 6) is 0.237. The lowest BCUT2D eigenvalue weighted by molar-refractivity contribution is -0.385. The van der Waals surface area contributed by atoms with Gasteiger partial charge in [-0.3, -0.25) is 10.1 Å². The van der Waals surface area contributed by atoms with Gasteiger partial charge >= 0.3 is 5.69 Å². The summed E-state index contributed by atoms with van der Waals surface area (Å²) in [6.07, 6.45) is 0. The SMILES string of the molecule is COc1ccc(NCc2csnn2)cc1[N+](=O)[O-]. The Balaban J connectivity index is 2.14. The highest BCUT2D eigenvalue weighted by molar-refractivity contribution is 7.03. The fraction of sp³-hybridized carbons (Fsp3) is 0.200. The van der Waals surface area contributed by atoms with Gasteiger partial charge in [0.2, 0.25) is 0 Å². The Morgan fingerprint density at radius 2 is 2.39 bits per heavy atom. The first-order valence-corrected chi connectivity index (χ1v) is 5.86. The summed E-state index contributed by atoms with van der Waals surface area (Å²) >= 11 is 1.26. The Hall–Kier alpha value is -2.22. The molecule has 18 heavy (non-hydrogen) atoms. The lowest BCUT2D eigenvalue weighted by atomic mass is 10.2. The largest absolute Gasteiger partial charge is 0.490 e. The van der Waals surface area contributed by atoms with Gasteiger partial charge in [-0.1, -0.05) is 4.49 Å². The van der Waals surface area contributed by atoms with Crippen LogP contribution in [0, 0.1) is 10.1 Å². The van der Waals surface area contributed by atoms with Crippen LogP contribution >= 0.6 is 11.5 Å². The number of ether oxygens (including phenoxy) is 1. The van der Waals surface area contributed by atoms with E-state index in [1.54, 1.807) is 12.1 Å². The molecule has 0 aliphatic carbocycles. The van der Waals surface area contributed by atoms with Crippen molar-refractivity contribution in [3.63, 3.8) is 0 Å². The molecule has 0 aliphatic rings. The molecule has 1 heterocycles. The number of rotatable bonds is 5. The van der Waals surface area contributed by atoms with Gasteiger partial charge in [-0.2, -0.15) is 0 Å². The summed E-state index contributed by atoms with van der Waals surface area (Å²) < 4.78 is 8.65. The highest BCUT2D eigenvalue weighted by Gasteiger charge is 2.14. The minimum Gasteiger partial charge on any atom is -0.490 e. The van der Waals surface area contributed by atoms with Crippen molar-refractivity contribution < 1.29 is 9.66 Å². The molecule has 0 unspecified atom stereocenters. The number of nitrogens with zero attached hydrogens (tertiary/aromatic N) is 3. The molecular weight excluding hydrogens is 256 g/mol. The molecule has 0 aliphatic heterocycles. The number of hydrogen-bond acceptors (Lipinski definition) is 7. The molecule has 0 saturated carbocycles. The smallest absolute Gasteiger partial charge is 0.312 e. The molecule has 1 aromatic heterocycles. The Kier molecular flexibility index (Phi) is 3.68. The topological polar surface area (TPSA) is 90.2 Å². The van der Waals surface area contributed by atoms with Crippen molar-refractivity contribution in [3.8, 4) is 5.75 Å². The minimum atomic E-state index is -0.478. The summed E-state index contributed by atoms with van der Waals surface area (Å²) in [5, 5.41) is 19.6. The van der Waals surface area contributed by atoms with Gasteiger partial charge in [-0.15, -0.1) is 5.10 Å². The van der Waals surface area contributed by atoms with Crippen LogP contribution in [0.5, 0.6) is 5.75 Å². The van der Waals surface area contributed by atoms with Crippen molar-refractivity contribution in [1.29, 1.82) is 0 Å². The van der Waals surface area contributed by atoms with Gasteiger partial charge in [-0.05, 0) is 23.7 Å². The maximum atomic E-state index is 10.8. The van der Waals surface area contributed by atoms with Gasteiger partial charge in [0.1, 0.15) is 0 Å². The monoisotopic (exact) mass is 266 g/mol. The van der Waals surface area contributed by atoms with Gasteiger partial charge in [0, 0.05) is 17.1 Å². The Labute approximate surface area is 107 Å². The molecule has 0 fully saturated rings. The Bertz CT molecular complexity index is 544. The molecule has 2 aromatic rings. The zero-order valence-electron chi connectivity index (χ0n) is 9.49. The lowest BCUT2D eigenvalue weighted by Gasteiger charge is -2.06. The number of nitro groups is 1. The van der Waals surface area contributed by atoms with E-state index < -0.39 is 4.92 Å². The average Bonchev–Trinajstić information content (AvgIpc) is 2.89. The molecular formula is C10H10N4O3S. The maximum Gasteiger partial charge on any atom is 0.312 e. The van der Waals surface area contributed by atoms with Gasteiger partial charge in [-0.25, -0.2) is 0 Å². The van der Waals surface area contributed by atoms with Gasteiger partial charge in [0.05, 0.1) is 24.3 Å². The number of benzene rings is 1. The van der Waals surface area contributed by atoms with Crippen molar-refractivity contribution >= 4 is 22.9 Å². The van der Waals surface area contributed by atoms with Crippen molar-refractivity contribution in [2.24, 2.45) is 0 Å². The first-order valence-electron chi connectivity index (χ1n) is 5.03. The minimum absolute atomic E-state index is 0.0705. The predicted octanol–water partition coefficient (Wildman–Crippen LogP) is 2.07. The second kappa shape index (κ2) is 5.41. The Morgan fingerprint density at radius 1 is 1.56 bits per heavy atom. The predicted molar refractivity (Wildman–Crippen MR) is 66.9 cm³/mol. The molecule has 1 aromatic carbocycles. The number of nitro benzene ring substituents is 1. The van der Waals surface area contributed by atoms with E-state index in [1.807, 2.05) is 5.38 Å². The van der Waals surface area contributed by atoms with Crippen LogP contribution in [0.25, 0.3) is 0 Å². The summed E-state index contributed by atoms with van der Waals surface area (Å²) in [6, 6.07) is 4.70. The molecule has 8 heteroatoms. The summed E-state index contributed by atoms with van der Waals surface area (Å²) in [6.45, 7) is 0.472. The number of methoxy groups -OCH3 is 1. The molecule has 1 N–H and O–H groups in total. The standard InChI is InChI=1S/C10H10N4O3S/c1-17-10-3-2-7(4-9(10)14(15)16)11-5-8-6-18-13-12-8/h2-4,6,11H,5H2,1H3. The van der Waals surface area contributed by atoms with Crippen LogP contribution in [-0.4, -0.2) is 21.6 Å². The van der Waals surface area contributed by atoms with Gasteiger partial charge in [0.25, 0.3) is 0 Å². The number of aromatic nitrogens is 2. The number of nitrogens with one attached hydrogen (secondary N) is 1. The van der Waals surface area contributed by atoms with Crippen LogP contribution in [0.1, 0.15) is 5.69 Å². The third-order valence-corrected chi connectivity index (χ3v) is 2.81. The van der Waals surface area contributed by atoms with Crippen LogP contribution in [0.15, 0.2) is 23.6 Å². The molecule has 7 nitrogen and oxygen atoms in total. The molecule has 0 bridgehead atoms. The average molecular weight is 266 g/mol. The van der Waals surface area contributed by atoms with Crippen LogP contribution in [0.4, 0.5) is 11.4 Å². The highest BCUT2D eigenvalue weighted by atomic mass is 32.1. The lowest BCUT2D eigenvalue weighted by Crippen LogP contribution is -2.01. The summed E-state index contributed by atoms with van der Waals surface area (Å²) in [7, 11) is 1.40. The van der Waals surface area contributed by atoms with E-state index in [0.29, 0.717) is 12.2 Å². The number of anilines is 1. The molecule has 94 valence electrons. The normalized spacial score (nSPS) is 10.1. The van der Waals surface area contributed by atoms with Crippen molar-refractivity contribution in [2.45, 2.75) is 6.54 Å². The van der Waals surface area contributed by atoms with Crippen molar-refractivity contribution in [1.82, 2.24) is 9.59 Å². The highest BCUT2D eigenvalue weighted by Crippen LogP contribution is 2.29. The number of hydrogen-bond donors (Lipinski definition) is 1. The third-order valence-electron chi connectivity index (χ3n) is 2.25. The van der Waals surface area contributed by atoms with E-state index in [1.165, 1.54) is 24.7 Å². The van der Waals surface area contributed by atoms with Crippen LogP contribution < -0.4 is 10.1 Å². The molecule has 0 spiro atoms. The van der Waals surface area contributed by atoms with Gasteiger partial charge < -0.3 is 10.1 Å². The molecule has 2 rings (SSSR count). The maximum absolute atomic E-state index is 10.8. The van der Waals surface area contributed by atoms with E-state index in [9.17, 15) is 10.1 Å². The third kappa shape index (κ3) is 2.72. The molecule has 0 saturated heterocycles. The molecule has 0 amide bonds. The van der Waals surface area contributed by atoms with Crippen molar-refractivity contribution in [2.75, 3.05) is 12.4 Å². The quantitative estimate of drug-likeness (QED) is 0.658. The van der Waals surface area contributed by atoms with Crippen LogP contribution in [0.3, 0.4) is 0 Å². The summed E-state index contributed by atoms with van der Waals surface area (Å²) in [4.78, 5) is 10.4. The van der Waals surface area contributed by atoms with Crippen LogP contribution in [0.2, 0.25) is 0 Å². The van der Waals surface area contributed by atoms with Gasteiger partial charge in [0.15, 0.2) is 5.75 Å². The molecule has 0 radical (unpaired) electrons. The first kappa shape index (κ1) is 12.2. The Morgan fingerprint density at radius 3 is 3.00 bits per heavy atom. The zero-order valence-corrected chi connectivity index (χ0v) is 10.3. The van der Waals surface area contributed by atoms with E-state index in [0.717, 1.165) is 5.69 Å². The first-order chi connectivity index (χ1) is 8.70. The van der Waals surface area contributed by atoms with E-state index in [2.05, 4.69) is 14.9 Å². The van der Waals surface area contributed by atoms with Crippen LogP contribution in [-0.2, 0) is 6.54 Å². The molecule has 0 atom stereocenters. The second-order valence-electron chi connectivity index (χ2n) is 3.39.